The summed E-state index contributed by atoms with van der Waals surface area (Å²) in [5, 5.41) is 8.23. The Hall–Kier alpha value is -3.87. The first-order valence-corrected chi connectivity index (χ1v) is 12.2. The van der Waals surface area contributed by atoms with Crippen LogP contribution in [0.3, 0.4) is 0 Å². The van der Waals surface area contributed by atoms with Crippen LogP contribution in [-0.2, 0) is 34.0 Å². The molecule has 2 aromatic carbocycles. The number of amides is 1. The number of aromatic nitrogens is 2. The zero-order valence-electron chi connectivity index (χ0n) is 18.6. The van der Waals surface area contributed by atoms with Gasteiger partial charge in [0.2, 0.25) is 21.9 Å². The van der Waals surface area contributed by atoms with Crippen LogP contribution in [0.5, 0.6) is 0 Å². The number of nitrogens with one attached hydrogen (secondary N) is 3. The highest BCUT2D eigenvalue weighted by molar-refractivity contribution is 7.92. The van der Waals surface area contributed by atoms with Crippen molar-refractivity contribution >= 4 is 44.8 Å². The summed E-state index contributed by atoms with van der Waals surface area (Å²) in [6.07, 6.45) is -2.84. The number of para-hydroxylation sites is 2. The van der Waals surface area contributed by atoms with Gasteiger partial charge in [-0.2, -0.15) is 18.2 Å². The molecule has 1 aromatic heterocycles. The molecule has 0 saturated carbocycles. The van der Waals surface area contributed by atoms with Gasteiger partial charge in [-0.15, -0.1) is 0 Å². The van der Waals surface area contributed by atoms with Crippen LogP contribution in [0.4, 0.5) is 42.0 Å². The summed E-state index contributed by atoms with van der Waals surface area (Å²) in [6.45, 7) is -0.133. The molecule has 2 heterocycles. The lowest BCUT2D eigenvalue weighted by Gasteiger charge is -2.21. The van der Waals surface area contributed by atoms with E-state index in [1.165, 1.54) is 7.05 Å². The lowest BCUT2D eigenvalue weighted by Crippen LogP contribution is -2.26. The highest BCUT2D eigenvalue weighted by Crippen LogP contribution is 2.36. The molecule has 1 aliphatic rings. The van der Waals surface area contributed by atoms with Crippen molar-refractivity contribution in [1.82, 2.24) is 9.97 Å². The van der Waals surface area contributed by atoms with E-state index in [0.29, 0.717) is 28.8 Å². The fourth-order valence-corrected chi connectivity index (χ4v) is 4.12. The number of fused-ring (bicyclic) bond motifs is 1. The Bertz CT molecular complexity index is 1400. The first-order valence-electron chi connectivity index (χ1n) is 10.3. The Morgan fingerprint density at radius 1 is 1.14 bits per heavy atom. The zero-order chi connectivity index (χ0) is 25.4. The minimum absolute atomic E-state index is 0.114. The molecule has 0 fully saturated rings. The molecule has 0 bridgehead atoms. The molecule has 0 spiro atoms. The van der Waals surface area contributed by atoms with Crippen LogP contribution in [0.2, 0.25) is 0 Å². The number of benzene rings is 2. The molecule has 35 heavy (non-hydrogen) atoms. The first kappa shape index (κ1) is 24.3. The van der Waals surface area contributed by atoms with Gasteiger partial charge in [-0.25, -0.2) is 13.4 Å². The highest BCUT2D eigenvalue weighted by atomic mass is 32.2. The SMILES string of the molecule is CN(c1ccccc1CNc1nc(Nc2cccc3c2NC(=O)C3)ncc1C(F)(F)F)S(C)(=O)=O. The van der Waals surface area contributed by atoms with Gasteiger partial charge in [-0.3, -0.25) is 9.10 Å². The van der Waals surface area contributed by atoms with Gasteiger partial charge in [0.25, 0.3) is 0 Å². The Labute approximate surface area is 199 Å². The van der Waals surface area contributed by atoms with E-state index in [9.17, 15) is 26.4 Å². The Balaban J connectivity index is 1.64. The third-order valence-corrected chi connectivity index (χ3v) is 6.57. The molecule has 3 N–H and O–H groups in total. The predicted molar refractivity (Wildman–Crippen MR) is 126 cm³/mol. The molecule has 1 amide bonds. The minimum Gasteiger partial charge on any atom is -0.365 e. The summed E-state index contributed by atoms with van der Waals surface area (Å²) in [6, 6.07) is 11.6. The maximum atomic E-state index is 13.6. The van der Waals surface area contributed by atoms with Gasteiger partial charge < -0.3 is 16.0 Å². The van der Waals surface area contributed by atoms with Crippen molar-refractivity contribution in [3.8, 4) is 0 Å². The molecule has 0 saturated heterocycles. The average molecular weight is 507 g/mol. The van der Waals surface area contributed by atoms with Gasteiger partial charge in [0, 0.05) is 19.8 Å². The van der Waals surface area contributed by atoms with E-state index in [4.69, 9.17) is 0 Å². The van der Waals surface area contributed by atoms with Crippen molar-refractivity contribution < 1.29 is 26.4 Å². The van der Waals surface area contributed by atoms with E-state index in [2.05, 4.69) is 25.9 Å². The highest BCUT2D eigenvalue weighted by Gasteiger charge is 2.35. The molecule has 3 aromatic rings. The lowest BCUT2D eigenvalue weighted by molar-refractivity contribution is -0.137. The molecule has 13 heteroatoms. The number of carbonyl (C=O) groups is 1. The topological polar surface area (TPSA) is 116 Å². The molecular formula is C22H21F3N6O3S. The molecular weight excluding hydrogens is 485 g/mol. The maximum absolute atomic E-state index is 13.6. The fourth-order valence-electron chi connectivity index (χ4n) is 3.59. The second-order valence-corrected chi connectivity index (χ2v) is 9.87. The standard InChI is InChI=1S/C22H21F3N6O3S/c1-31(35(2,33)34)17-9-4-3-6-14(17)11-26-20-15(22(23,24)25)12-27-21(30-20)28-16-8-5-7-13-10-18(32)29-19(13)16/h3-9,12H,10-11H2,1-2H3,(H,29,32)(H2,26,27,28,30). The lowest BCUT2D eigenvalue weighted by atomic mass is 10.1. The van der Waals surface area contributed by atoms with Crippen molar-refractivity contribution in [3.05, 3.63) is 65.4 Å². The van der Waals surface area contributed by atoms with E-state index >= 15 is 0 Å². The summed E-state index contributed by atoms with van der Waals surface area (Å²) in [7, 11) is -2.22. The summed E-state index contributed by atoms with van der Waals surface area (Å²) < 4.78 is 65.9. The zero-order valence-corrected chi connectivity index (χ0v) is 19.5. The molecule has 0 atom stereocenters. The summed E-state index contributed by atoms with van der Waals surface area (Å²) in [4.78, 5) is 19.5. The number of alkyl halides is 3. The molecule has 0 unspecified atom stereocenters. The number of anilines is 5. The molecule has 184 valence electrons. The van der Waals surface area contributed by atoms with E-state index in [1.807, 2.05) is 0 Å². The van der Waals surface area contributed by atoms with Crippen molar-refractivity contribution in [2.24, 2.45) is 0 Å². The number of halogens is 3. The van der Waals surface area contributed by atoms with Crippen molar-refractivity contribution in [1.29, 1.82) is 0 Å². The van der Waals surface area contributed by atoms with E-state index in [-0.39, 0.29) is 24.8 Å². The summed E-state index contributed by atoms with van der Waals surface area (Å²) in [5.41, 5.74) is 1.40. The minimum atomic E-state index is -4.73. The van der Waals surface area contributed by atoms with Crippen LogP contribution >= 0.6 is 0 Å². The van der Waals surface area contributed by atoms with Crippen LogP contribution in [0.15, 0.2) is 48.7 Å². The van der Waals surface area contributed by atoms with Crippen LogP contribution in [0.1, 0.15) is 16.7 Å². The smallest absolute Gasteiger partial charge is 0.365 e. The van der Waals surface area contributed by atoms with Gasteiger partial charge in [-0.1, -0.05) is 30.3 Å². The number of hydrogen-bond acceptors (Lipinski definition) is 7. The third kappa shape index (κ3) is 5.29. The van der Waals surface area contributed by atoms with E-state index in [1.54, 1.807) is 42.5 Å². The second-order valence-electron chi connectivity index (χ2n) is 7.86. The number of sulfonamides is 1. The predicted octanol–water partition coefficient (Wildman–Crippen LogP) is 3.74. The van der Waals surface area contributed by atoms with Crippen molar-refractivity contribution in [2.45, 2.75) is 19.1 Å². The molecule has 9 nitrogen and oxygen atoms in total. The molecule has 0 radical (unpaired) electrons. The first-order chi connectivity index (χ1) is 16.4. The summed E-state index contributed by atoms with van der Waals surface area (Å²) in [5.74, 6) is -0.789. The van der Waals surface area contributed by atoms with E-state index in [0.717, 1.165) is 16.1 Å². The van der Waals surface area contributed by atoms with Gasteiger partial charge in [0.1, 0.15) is 11.4 Å². The monoisotopic (exact) mass is 506 g/mol. The molecule has 4 rings (SSSR count). The fraction of sp³-hybridized carbons (Fsp3) is 0.227. The van der Waals surface area contributed by atoms with Gasteiger partial charge in [0.15, 0.2) is 0 Å². The molecule has 0 aliphatic carbocycles. The number of carbonyl (C=O) groups excluding carboxylic acids is 1. The number of rotatable bonds is 7. The van der Waals surface area contributed by atoms with Gasteiger partial charge >= 0.3 is 6.18 Å². The Kier molecular flexibility index (Phi) is 6.28. The largest absolute Gasteiger partial charge is 0.421 e. The van der Waals surface area contributed by atoms with Gasteiger partial charge in [-0.05, 0) is 23.3 Å². The maximum Gasteiger partial charge on any atom is 0.421 e. The van der Waals surface area contributed by atoms with Crippen LogP contribution in [0, 0.1) is 0 Å². The number of hydrogen-bond donors (Lipinski definition) is 3. The normalized spacial score (nSPS) is 13.2. The molecule has 1 aliphatic heterocycles. The van der Waals surface area contributed by atoms with Crippen molar-refractivity contribution in [2.75, 3.05) is 33.6 Å². The van der Waals surface area contributed by atoms with E-state index < -0.39 is 27.6 Å². The average Bonchev–Trinajstić information content (AvgIpc) is 3.17. The quantitative estimate of drug-likeness (QED) is 0.447. The summed E-state index contributed by atoms with van der Waals surface area (Å²) >= 11 is 0. The Morgan fingerprint density at radius 3 is 2.60 bits per heavy atom. The van der Waals surface area contributed by atoms with Crippen LogP contribution in [0.25, 0.3) is 0 Å². The van der Waals surface area contributed by atoms with Gasteiger partial charge in [0.05, 0.1) is 29.7 Å². The van der Waals surface area contributed by atoms with Crippen LogP contribution in [-0.4, -0.2) is 37.6 Å². The Morgan fingerprint density at radius 2 is 1.89 bits per heavy atom. The number of nitrogens with zero attached hydrogens (tertiary/aromatic N) is 3. The third-order valence-electron chi connectivity index (χ3n) is 5.38. The van der Waals surface area contributed by atoms with Crippen molar-refractivity contribution in [3.63, 3.8) is 0 Å². The second kappa shape index (κ2) is 9.06. The van der Waals surface area contributed by atoms with Crippen LogP contribution < -0.4 is 20.3 Å².